The fourth-order valence-electron chi connectivity index (χ4n) is 2.43. The van der Waals surface area contributed by atoms with E-state index in [-0.39, 0.29) is 5.56 Å². The molecule has 0 aliphatic carbocycles. The highest BCUT2D eigenvalue weighted by atomic mass is 16.5. The van der Waals surface area contributed by atoms with Gasteiger partial charge in [-0.15, -0.1) is 0 Å². The molecular formula is C19H17N3O3. The van der Waals surface area contributed by atoms with Crippen LogP contribution in [-0.2, 0) is 6.54 Å². The Bertz CT molecular complexity index is 879. The minimum absolute atomic E-state index is 0.210. The normalized spacial score (nSPS) is 10.3. The first-order valence-corrected chi connectivity index (χ1v) is 7.69. The summed E-state index contributed by atoms with van der Waals surface area (Å²) in [4.78, 5) is 19.8. The van der Waals surface area contributed by atoms with Crippen molar-refractivity contribution in [1.29, 1.82) is 0 Å². The van der Waals surface area contributed by atoms with E-state index in [0.29, 0.717) is 23.6 Å². The van der Waals surface area contributed by atoms with Gasteiger partial charge in [0.05, 0.1) is 18.4 Å². The van der Waals surface area contributed by atoms with E-state index >= 15 is 0 Å². The van der Waals surface area contributed by atoms with Crippen LogP contribution in [0, 0.1) is 0 Å². The van der Waals surface area contributed by atoms with E-state index in [4.69, 9.17) is 4.74 Å². The van der Waals surface area contributed by atoms with Crippen molar-refractivity contribution in [3.8, 4) is 17.0 Å². The van der Waals surface area contributed by atoms with Gasteiger partial charge in [-0.1, -0.05) is 30.3 Å². The Kier molecular flexibility index (Phi) is 4.89. The van der Waals surface area contributed by atoms with E-state index in [2.05, 4.69) is 15.3 Å². The van der Waals surface area contributed by atoms with Gasteiger partial charge in [0.1, 0.15) is 17.9 Å². The summed E-state index contributed by atoms with van der Waals surface area (Å²) in [6, 6.07) is 16.2. The Labute approximate surface area is 145 Å². The SMILES string of the molecule is COc1ccc(CNc2cc(-c3ccccc3C(=O)O)ncn2)cc1. The van der Waals surface area contributed by atoms with Crippen molar-refractivity contribution in [2.75, 3.05) is 12.4 Å². The standard InChI is InChI=1S/C19H17N3O3/c1-25-14-8-6-13(7-9-14)11-20-18-10-17(21-12-22-18)15-4-2-3-5-16(15)19(23)24/h2-10,12H,11H2,1H3,(H,23,24)(H,20,21,22). The van der Waals surface area contributed by atoms with Gasteiger partial charge in [-0.2, -0.15) is 0 Å². The quantitative estimate of drug-likeness (QED) is 0.717. The average molecular weight is 335 g/mol. The number of nitrogens with zero attached hydrogens (tertiary/aromatic N) is 2. The van der Waals surface area contributed by atoms with Crippen LogP contribution in [0.5, 0.6) is 5.75 Å². The molecule has 6 heteroatoms. The van der Waals surface area contributed by atoms with Crippen LogP contribution in [-0.4, -0.2) is 28.2 Å². The van der Waals surface area contributed by atoms with Crippen LogP contribution >= 0.6 is 0 Å². The topological polar surface area (TPSA) is 84.3 Å². The lowest BCUT2D eigenvalue weighted by atomic mass is 10.0. The van der Waals surface area contributed by atoms with E-state index in [0.717, 1.165) is 11.3 Å². The molecular weight excluding hydrogens is 318 g/mol. The lowest BCUT2D eigenvalue weighted by Crippen LogP contribution is -2.04. The summed E-state index contributed by atoms with van der Waals surface area (Å²) < 4.78 is 5.14. The fraction of sp³-hybridized carbons (Fsp3) is 0.105. The molecule has 0 fully saturated rings. The van der Waals surface area contributed by atoms with Gasteiger partial charge >= 0.3 is 5.97 Å². The number of hydrogen-bond acceptors (Lipinski definition) is 5. The molecule has 1 aromatic heterocycles. The number of methoxy groups -OCH3 is 1. The largest absolute Gasteiger partial charge is 0.497 e. The predicted molar refractivity (Wildman–Crippen MR) is 94.7 cm³/mol. The maximum Gasteiger partial charge on any atom is 0.336 e. The molecule has 0 atom stereocenters. The average Bonchev–Trinajstić information content (AvgIpc) is 2.67. The zero-order valence-corrected chi connectivity index (χ0v) is 13.6. The molecule has 25 heavy (non-hydrogen) atoms. The van der Waals surface area contributed by atoms with E-state index in [1.165, 1.54) is 6.33 Å². The summed E-state index contributed by atoms with van der Waals surface area (Å²) in [6.45, 7) is 0.584. The molecule has 3 rings (SSSR count). The van der Waals surface area contributed by atoms with E-state index in [9.17, 15) is 9.90 Å². The number of aromatic nitrogens is 2. The van der Waals surface area contributed by atoms with Crippen LogP contribution in [0.25, 0.3) is 11.3 Å². The fourth-order valence-corrected chi connectivity index (χ4v) is 2.43. The van der Waals surface area contributed by atoms with E-state index in [1.54, 1.807) is 37.4 Å². The van der Waals surface area contributed by atoms with Crippen molar-refractivity contribution < 1.29 is 14.6 Å². The number of aromatic carboxylic acids is 1. The molecule has 0 saturated heterocycles. The number of anilines is 1. The number of rotatable bonds is 6. The van der Waals surface area contributed by atoms with Crippen LogP contribution < -0.4 is 10.1 Å². The number of ether oxygens (including phenoxy) is 1. The minimum atomic E-state index is -0.984. The highest BCUT2D eigenvalue weighted by Crippen LogP contribution is 2.23. The first-order chi connectivity index (χ1) is 12.2. The van der Waals surface area contributed by atoms with Crippen molar-refractivity contribution in [3.05, 3.63) is 72.1 Å². The van der Waals surface area contributed by atoms with Crippen LogP contribution in [0.2, 0.25) is 0 Å². The summed E-state index contributed by atoms with van der Waals surface area (Å²) in [5, 5.41) is 12.5. The lowest BCUT2D eigenvalue weighted by Gasteiger charge is -2.09. The second-order valence-electron chi connectivity index (χ2n) is 5.34. The highest BCUT2D eigenvalue weighted by Gasteiger charge is 2.12. The van der Waals surface area contributed by atoms with Crippen LogP contribution in [0.3, 0.4) is 0 Å². The van der Waals surface area contributed by atoms with Gasteiger partial charge in [-0.3, -0.25) is 0 Å². The zero-order chi connectivity index (χ0) is 17.6. The predicted octanol–water partition coefficient (Wildman–Crippen LogP) is 3.46. The summed E-state index contributed by atoms with van der Waals surface area (Å²) in [5.74, 6) is 0.446. The van der Waals surface area contributed by atoms with Crippen LogP contribution in [0.15, 0.2) is 60.9 Å². The molecule has 0 amide bonds. The third-order valence-electron chi connectivity index (χ3n) is 3.73. The van der Waals surface area contributed by atoms with Crippen LogP contribution in [0.1, 0.15) is 15.9 Å². The summed E-state index contributed by atoms with van der Waals surface area (Å²) >= 11 is 0. The van der Waals surface area contributed by atoms with Gasteiger partial charge < -0.3 is 15.2 Å². The molecule has 2 N–H and O–H groups in total. The molecule has 0 bridgehead atoms. The van der Waals surface area contributed by atoms with Gasteiger partial charge in [0.15, 0.2) is 0 Å². The number of nitrogens with one attached hydrogen (secondary N) is 1. The molecule has 126 valence electrons. The second kappa shape index (κ2) is 7.44. The first-order valence-electron chi connectivity index (χ1n) is 7.69. The van der Waals surface area contributed by atoms with Crippen molar-refractivity contribution in [1.82, 2.24) is 9.97 Å². The van der Waals surface area contributed by atoms with Crippen LogP contribution in [0.4, 0.5) is 5.82 Å². The smallest absolute Gasteiger partial charge is 0.336 e. The van der Waals surface area contributed by atoms with E-state index in [1.807, 2.05) is 24.3 Å². The summed E-state index contributed by atoms with van der Waals surface area (Å²) in [5.41, 5.74) is 2.41. The summed E-state index contributed by atoms with van der Waals surface area (Å²) in [6.07, 6.45) is 1.42. The minimum Gasteiger partial charge on any atom is -0.497 e. The number of hydrogen-bond donors (Lipinski definition) is 2. The lowest BCUT2D eigenvalue weighted by molar-refractivity contribution is 0.0697. The molecule has 0 spiro atoms. The van der Waals surface area contributed by atoms with Gasteiger partial charge in [-0.25, -0.2) is 14.8 Å². The monoisotopic (exact) mass is 335 g/mol. The molecule has 0 aliphatic heterocycles. The highest BCUT2D eigenvalue weighted by molar-refractivity contribution is 5.95. The number of benzene rings is 2. The number of carboxylic acid groups (broad SMARTS) is 1. The molecule has 3 aromatic rings. The van der Waals surface area contributed by atoms with Gasteiger partial charge in [0, 0.05) is 18.2 Å². The van der Waals surface area contributed by atoms with Gasteiger partial charge in [0.25, 0.3) is 0 Å². The Hall–Kier alpha value is -3.41. The molecule has 0 aliphatic rings. The van der Waals surface area contributed by atoms with Crippen molar-refractivity contribution in [2.24, 2.45) is 0 Å². The number of carbonyl (C=O) groups is 1. The molecule has 1 heterocycles. The molecule has 6 nitrogen and oxygen atoms in total. The van der Waals surface area contributed by atoms with Gasteiger partial charge in [0.2, 0.25) is 0 Å². The van der Waals surface area contributed by atoms with Crippen molar-refractivity contribution in [3.63, 3.8) is 0 Å². The Balaban J connectivity index is 1.79. The molecule has 0 saturated carbocycles. The first kappa shape index (κ1) is 16.4. The second-order valence-corrected chi connectivity index (χ2v) is 5.34. The third-order valence-corrected chi connectivity index (χ3v) is 3.73. The Morgan fingerprint density at radius 1 is 1.12 bits per heavy atom. The molecule has 2 aromatic carbocycles. The maximum atomic E-state index is 11.4. The van der Waals surface area contributed by atoms with Crippen molar-refractivity contribution in [2.45, 2.75) is 6.54 Å². The third kappa shape index (κ3) is 3.92. The van der Waals surface area contributed by atoms with Crippen molar-refractivity contribution >= 4 is 11.8 Å². The molecule has 0 unspecified atom stereocenters. The van der Waals surface area contributed by atoms with Gasteiger partial charge in [-0.05, 0) is 23.8 Å². The maximum absolute atomic E-state index is 11.4. The van der Waals surface area contributed by atoms with E-state index < -0.39 is 5.97 Å². The Morgan fingerprint density at radius 2 is 1.88 bits per heavy atom. The summed E-state index contributed by atoms with van der Waals surface area (Å²) in [7, 11) is 1.63. The number of carboxylic acids is 1. The zero-order valence-electron chi connectivity index (χ0n) is 13.6. The Morgan fingerprint density at radius 3 is 2.60 bits per heavy atom. The molecule has 0 radical (unpaired) electrons.